The summed E-state index contributed by atoms with van der Waals surface area (Å²) in [6.45, 7) is 4.01. The van der Waals surface area contributed by atoms with Crippen LogP contribution in [-0.2, 0) is 26.9 Å². The van der Waals surface area contributed by atoms with Gasteiger partial charge in [-0.1, -0.05) is 13.8 Å². The molecule has 0 bridgehead atoms. The number of fused-ring (bicyclic) bond motifs is 2. The van der Waals surface area contributed by atoms with Crippen LogP contribution in [0, 0.1) is 17.7 Å². The standard InChI is InChI=1S/C22H25FN4O4/c1-12(2)9-14-11-16(20(29)31-4)22(27(14)19(28)18-7-8-26(3)25-18)15-10-13(23)5-6-17(15)24-21(22)30/h5-8,10,12,14,16H,9,11H2,1-4H3,(H,24,30)/t14-,16-,22+/m0/s1. The molecule has 1 spiro atoms. The number of ether oxygens (including phenoxy) is 1. The van der Waals surface area contributed by atoms with Gasteiger partial charge < -0.3 is 15.0 Å². The molecule has 2 aliphatic heterocycles. The lowest BCUT2D eigenvalue weighted by molar-refractivity contribution is -0.151. The predicted molar refractivity (Wildman–Crippen MR) is 109 cm³/mol. The molecule has 0 radical (unpaired) electrons. The maximum absolute atomic E-state index is 14.3. The minimum Gasteiger partial charge on any atom is -0.469 e. The monoisotopic (exact) mass is 428 g/mol. The molecule has 1 N–H and O–H groups in total. The Morgan fingerprint density at radius 2 is 2.10 bits per heavy atom. The van der Waals surface area contributed by atoms with Crippen molar-refractivity contribution >= 4 is 23.5 Å². The Morgan fingerprint density at radius 3 is 2.71 bits per heavy atom. The summed E-state index contributed by atoms with van der Waals surface area (Å²) >= 11 is 0. The Bertz CT molecular complexity index is 1070. The number of methoxy groups -OCH3 is 1. The maximum Gasteiger partial charge on any atom is 0.312 e. The van der Waals surface area contributed by atoms with E-state index in [-0.39, 0.29) is 23.6 Å². The van der Waals surface area contributed by atoms with E-state index in [0.29, 0.717) is 12.1 Å². The summed E-state index contributed by atoms with van der Waals surface area (Å²) in [4.78, 5) is 41.6. The van der Waals surface area contributed by atoms with Crippen molar-refractivity contribution < 1.29 is 23.5 Å². The third-order valence-electron chi connectivity index (χ3n) is 6.12. The van der Waals surface area contributed by atoms with E-state index in [1.165, 1.54) is 34.9 Å². The van der Waals surface area contributed by atoms with Gasteiger partial charge in [-0.15, -0.1) is 0 Å². The number of esters is 1. The molecule has 164 valence electrons. The molecule has 1 saturated heterocycles. The molecule has 1 aromatic heterocycles. The zero-order valence-corrected chi connectivity index (χ0v) is 17.9. The number of amides is 2. The summed E-state index contributed by atoms with van der Waals surface area (Å²) in [6, 6.07) is 5.03. The number of rotatable bonds is 4. The largest absolute Gasteiger partial charge is 0.469 e. The number of halogens is 1. The molecule has 4 rings (SSSR count). The van der Waals surface area contributed by atoms with Gasteiger partial charge in [-0.05, 0) is 43.0 Å². The number of hydrogen-bond acceptors (Lipinski definition) is 5. The zero-order valence-electron chi connectivity index (χ0n) is 17.9. The third kappa shape index (κ3) is 3.10. The van der Waals surface area contributed by atoms with Gasteiger partial charge in [0.15, 0.2) is 5.54 Å². The minimum absolute atomic E-state index is 0.152. The van der Waals surface area contributed by atoms with Gasteiger partial charge in [0, 0.05) is 30.5 Å². The first-order valence-corrected chi connectivity index (χ1v) is 10.2. The van der Waals surface area contributed by atoms with Gasteiger partial charge in [0.25, 0.3) is 11.8 Å². The van der Waals surface area contributed by atoms with Gasteiger partial charge in [-0.3, -0.25) is 19.1 Å². The van der Waals surface area contributed by atoms with E-state index in [9.17, 15) is 18.8 Å². The molecule has 31 heavy (non-hydrogen) atoms. The van der Waals surface area contributed by atoms with Gasteiger partial charge in [0.05, 0.1) is 13.0 Å². The Balaban J connectivity index is 1.97. The van der Waals surface area contributed by atoms with Crippen LogP contribution in [0.2, 0.25) is 0 Å². The van der Waals surface area contributed by atoms with E-state index in [1.54, 1.807) is 19.3 Å². The quantitative estimate of drug-likeness (QED) is 0.755. The fraction of sp³-hybridized carbons (Fsp3) is 0.455. The number of aromatic nitrogens is 2. The van der Waals surface area contributed by atoms with Gasteiger partial charge in [0.1, 0.15) is 11.5 Å². The van der Waals surface area contributed by atoms with Crippen LogP contribution in [0.3, 0.4) is 0 Å². The van der Waals surface area contributed by atoms with Crippen LogP contribution in [0.15, 0.2) is 30.5 Å². The molecule has 1 fully saturated rings. The van der Waals surface area contributed by atoms with E-state index >= 15 is 0 Å². The lowest BCUT2D eigenvalue weighted by Crippen LogP contribution is -2.56. The first kappa shape index (κ1) is 21.0. The number of carbonyl (C=O) groups is 3. The molecule has 0 unspecified atom stereocenters. The van der Waals surface area contributed by atoms with E-state index in [0.717, 1.165) is 0 Å². The highest BCUT2D eigenvalue weighted by Crippen LogP contribution is 2.54. The van der Waals surface area contributed by atoms with Gasteiger partial charge in [-0.25, -0.2) is 4.39 Å². The Hall–Kier alpha value is -3.23. The lowest BCUT2D eigenvalue weighted by Gasteiger charge is -2.38. The molecule has 8 nitrogen and oxygen atoms in total. The molecule has 3 heterocycles. The molecule has 0 aliphatic carbocycles. The van der Waals surface area contributed by atoms with Crippen molar-refractivity contribution in [3.63, 3.8) is 0 Å². The van der Waals surface area contributed by atoms with Gasteiger partial charge >= 0.3 is 5.97 Å². The van der Waals surface area contributed by atoms with E-state index in [2.05, 4.69) is 10.4 Å². The minimum atomic E-state index is -1.71. The number of nitrogens with one attached hydrogen (secondary N) is 1. The molecule has 0 saturated carbocycles. The second kappa shape index (κ2) is 7.47. The second-order valence-electron chi connectivity index (χ2n) is 8.56. The van der Waals surface area contributed by atoms with Crippen LogP contribution in [-0.4, -0.2) is 45.6 Å². The number of anilines is 1. The summed E-state index contributed by atoms with van der Waals surface area (Å²) in [5.41, 5.74) is -0.912. The topological polar surface area (TPSA) is 93.5 Å². The zero-order chi connectivity index (χ0) is 22.5. The van der Waals surface area contributed by atoms with Crippen molar-refractivity contribution in [3.05, 3.63) is 47.5 Å². The van der Waals surface area contributed by atoms with Crippen molar-refractivity contribution in [1.82, 2.24) is 14.7 Å². The summed E-state index contributed by atoms with van der Waals surface area (Å²) in [5, 5.41) is 6.96. The Kier molecular flexibility index (Phi) is 5.07. The molecule has 1 aromatic carbocycles. The van der Waals surface area contributed by atoms with Crippen molar-refractivity contribution in [2.24, 2.45) is 18.9 Å². The first-order valence-electron chi connectivity index (χ1n) is 10.2. The lowest BCUT2D eigenvalue weighted by atomic mass is 9.79. The van der Waals surface area contributed by atoms with Crippen molar-refractivity contribution in [1.29, 1.82) is 0 Å². The van der Waals surface area contributed by atoms with Crippen LogP contribution in [0.5, 0.6) is 0 Å². The Labute approximate surface area is 179 Å². The SMILES string of the molecule is COC(=O)[C@@H]1C[C@H](CC(C)C)N(C(=O)c2ccn(C)n2)[C@@]12C(=O)Nc1ccc(F)cc12. The number of hydrogen-bond donors (Lipinski definition) is 1. The highest BCUT2D eigenvalue weighted by Gasteiger charge is 2.67. The van der Waals surface area contributed by atoms with Gasteiger partial charge in [0.2, 0.25) is 0 Å². The van der Waals surface area contributed by atoms with Crippen LogP contribution < -0.4 is 5.32 Å². The fourth-order valence-electron chi connectivity index (χ4n) is 5.00. The second-order valence-corrected chi connectivity index (χ2v) is 8.56. The van der Waals surface area contributed by atoms with Crippen LogP contribution >= 0.6 is 0 Å². The fourth-order valence-corrected chi connectivity index (χ4v) is 5.00. The molecule has 2 aromatic rings. The molecule has 3 atom stereocenters. The summed E-state index contributed by atoms with van der Waals surface area (Å²) < 4.78 is 20.9. The molecular weight excluding hydrogens is 403 g/mol. The average molecular weight is 428 g/mol. The summed E-state index contributed by atoms with van der Waals surface area (Å²) in [5.74, 6) is -2.98. The number of carbonyl (C=O) groups excluding carboxylic acids is 3. The summed E-state index contributed by atoms with van der Waals surface area (Å²) in [7, 11) is 2.93. The predicted octanol–water partition coefficient (Wildman–Crippen LogP) is 2.46. The molecule has 2 amide bonds. The van der Waals surface area contributed by atoms with E-state index in [1.807, 2.05) is 13.8 Å². The smallest absolute Gasteiger partial charge is 0.312 e. The van der Waals surface area contributed by atoms with Crippen molar-refractivity contribution in [2.75, 3.05) is 12.4 Å². The number of nitrogens with zero attached hydrogens (tertiary/aromatic N) is 3. The number of likely N-dealkylation sites (tertiary alicyclic amines) is 1. The normalized spacial score (nSPS) is 24.6. The average Bonchev–Trinajstić information content (AvgIpc) is 3.37. The van der Waals surface area contributed by atoms with Crippen molar-refractivity contribution in [3.8, 4) is 0 Å². The van der Waals surface area contributed by atoms with E-state index < -0.39 is 41.1 Å². The number of benzene rings is 1. The highest BCUT2D eigenvalue weighted by molar-refractivity contribution is 6.12. The van der Waals surface area contributed by atoms with Crippen LogP contribution in [0.1, 0.15) is 42.7 Å². The van der Waals surface area contributed by atoms with Gasteiger partial charge in [-0.2, -0.15) is 5.10 Å². The highest BCUT2D eigenvalue weighted by atomic mass is 19.1. The first-order chi connectivity index (χ1) is 14.7. The Morgan fingerprint density at radius 1 is 1.35 bits per heavy atom. The van der Waals surface area contributed by atoms with Crippen molar-refractivity contribution in [2.45, 2.75) is 38.3 Å². The maximum atomic E-state index is 14.3. The number of aryl methyl sites for hydroxylation is 1. The van der Waals surface area contributed by atoms with Crippen LogP contribution in [0.4, 0.5) is 10.1 Å². The molecule has 2 aliphatic rings. The molecule has 9 heteroatoms. The molecular formula is C22H25FN4O4. The third-order valence-corrected chi connectivity index (χ3v) is 6.12. The summed E-state index contributed by atoms with van der Waals surface area (Å²) in [6.07, 6.45) is 2.42. The van der Waals surface area contributed by atoms with Crippen LogP contribution in [0.25, 0.3) is 0 Å². The van der Waals surface area contributed by atoms with E-state index in [4.69, 9.17) is 4.74 Å².